The number of amides is 3. The van der Waals surface area contributed by atoms with E-state index in [4.69, 9.17) is 11.8 Å². The van der Waals surface area contributed by atoms with Crippen molar-refractivity contribution < 1.29 is 9.59 Å². The molecule has 0 aromatic rings. The molecule has 1 N–H and O–H groups in total. The zero-order valence-corrected chi connectivity index (χ0v) is 11.2. The van der Waals surface area contributed by atoms with Crippen molar-refractivity contribution in [1.29, 1.82) is 0 Å². The monoisotopic (exact) mass is 261 g/mol. The predicted octanol–water partition coefficient (Wildman–Crippen LogP) is 2.27. The van der Waals surface area contributed by atoms with E-state index in [1.807, 2.05) is 0 Å². The second-order valence-corrected chi connectivity index (χ2v) is 4.62. The van der Waals surface area contributed by atoms with Crippen molar-refractivity contribution in [3.63, 3.8) is 0 Å². The lowest BCUT2D eigenvalue weighted by atomic mass is 10.0. The van der Waals surface area contributed by atoms with Gasteiger partial charge in [0.25, 0.3) is 0 Å². The maximum atomic E-state index is 11.4. The molecule has 1 aliphatic rings. The third-order valence-electron chi connectivity index (χ3n) is 2.88. The molecule has 17 heavy (non-hydrogen) atoms. The van der Waals surface area contributed by atoms with E-state index in [9.17, 15) is 9.59 Å². The molecule has 5 nitrogen and oxygen atoms in total. The fourth-order valence-electron chi connectivity index (χ4n) is 2.02. The van der Waals surface area contributed by atoms with Crippen molar-refractivity contribution in [1.82, 2.24) is 14.9 Å². The molecule has 1 rings (SSSR count). The van der Waals surface area contributed by atoms with Crippen LogP contribution < -0.4 is 5.32 Å². The third kappa shape index (κ3) is 3.85. The molecule has 3 amide bonds. The summed E-state index contributed by atoms with van der Waals surface area (Å²) in [5.74, 6) is -0.287. The molecule has 98 valence electrons. The highest BCUT2D eigenvalue weighted by Gasteiger charge is 2.33. The van der Waals surface area contributed by atoms with E-state index in [1.54, 1.807) is 5.01 Å². The summed E-state index contributed by atoms with van der Waals surface area (Å²) in [5.41, 5.74) is 0. The van der Waals surface area contributed by atoms with Gasteiger partial charge in [-0.05, 0) is 12.8 Å². The van der Waals surface area contributed by atoms with Gasteiger partial charge in [-0.3, -0.25) is 10.1 Å². The summed E-state index contributed by atoms with van der Waals surface area (Å²) in [7, 11) is 0. The predicted molar refractivity (Wildman–Crippen MR) is 66.2 cm³/mol. The number of carbonyl (C=O) groups excluding carboxylic acids is 2. The van der Waals surface area contributed by atoms with Crippen molar-refractivity contribution in [3.8, 4) is 0 Å². The number of nitrogens with zero attached hydrogens (tertiary/aromatic N) is 2. The lowest BCUT2D eigenvalue weighted by Gasteiger charge is -2.38. The number of imide groups is 1. The molecule has 0 radical (unpaired) electrons. The SMILES string of the molecule is CCCCC(CCC)N1CC(=O)NC(=O)N1Cl. The molecule has 1 unspecified atom stereocenters. The second kappa shape index (κ2) is 6.81. The molecule has 0 bridgehead atoms. The topological polar surface area (TPSA) is 52.7 Å². The van der Waals surface area contributed by atoms with Crippen LogP contribution in [0, 0.1) is 0 Å². The lowest BCUT2D eigenvalue weighted by Crippen LogP contribution is -2.60. The van der Waals surface area contributed by atoms with Crippen LogP contribution in [0.25, 0.3) is 0 Å². The van der Waals surface area contributed by atoms with Gasteiger partial charge in [0.2, 0.25) is 5.91 Å². The van der Waals surface area contributed by atoms with E-state index >= 15 is 0 Å². The molecule has 0 aromatic heterocycles. The summed E-state index contributed by atoms with van der Waals surface area (Å²) in [4.78, 5) is 22.8. The smallest absolute Gasteiger partial charge is 0.275 e. The molecule has 0 aliphatic carbocycles. The molecular weight excluding hydrogens is 242 g/mol. The first kappa shape index (κ1) is 14.3. The summed E-state index contributed by atoms with van der Waals surface area (Å²) in [6.45, 7) is 4.36. The molecule has 1 atom stereocenters. The first-order valence-corrected chi connectivity index (χ1v) is 6.50. The van der Waals surface area contributed by atoms with E-state index < -0.39 is 6.03 Å². The van der Waals surface area contributed by atoms with E-state index in [-0.39, 0.29) is 18.5 Å². The number of nitrogens with one attached hydrogen (secondary N) is 1. The van der Waals surface area contributed by atoms with Gasteiger partial charge in [0.05, 0.1) is 6.54 Å². The van der Waals surface area contributed by atoms with Gasteiger partial charge in [-0.2, -0.15) is 9.54 Å². The van der Waals surface area contributed by atoms with Crippen molar-refractivity contribution in [2.24, 2.45) is 0 Å². The summed E-state index contributed by atoms with van der Waals surface area (Å²) in [6.07, 6.45) is 5.06. The average molecular weight is 262 g/mol. The van der Waals surface area contributed by atoms with Crippen LogP contribution in [0.2, 0.25) is 0 Å². The molecule has 0 spiro atoms. The number of urea groups is 1. The Bertz CT molecular complexity index is 286. The van der Waals surface area contributed by atoms with E-state index in [1.165, 1.54) is 0 Å². The molecule has 1 fully saturated rings. The molecule has 6 heteroatoms. The highest BCUT2D eigenvalue weighted by atomic mass is 35.5. The normalized spacial score (nSPS) is 19.4. The van der Waals surface area contributed by atoms with Crippen molar-refractivity contribution in [2.45, 2.75) is 52.0 Å². The Balaban J connectivity index is 2.69. The zero-order chi connectivity index (χ0) is 12.8. The number of halogens is 1. The van der Waals surface area contributed by atoms with Crippen LogP contribution in [0.3, 0.4) is 0 Å². The summed E-state index contributed by atoms with van der Waals surface area (Å²) >= 11 is 5.90. The lowest BCUT2D eigenvalue weighted by molar-refractivity contribution is -0.128. The Hall–Kier alpha value is -0.810. The van der Waals surface area contributed by atoms with Crippen LogP contribution in [0.5, 0.6) is 0 Å². The van der Waals surface area contributed by atoms with Crippen molar-refractivity contribution in [2.75, 3.05) is 6.54 Å². The zero-order valence-electron chi connectivity index (χ0n) is 10.4. The van der Waals surface area contributed by atoms with Crippen molar-refractivity contribution in [3.05, 3.63) is 0 Å². The van der Waals surface area contributed by atoms with Gasteiger partial charge in [-0.25, -0.2) is 4.79 Å². The highest BCUT2D eigenvalue weighted by molar-refractivity contribution is 6.22. The molecule has 0 aromatic carbocycles. The Morgan fingerprint density at radius 3 is 2.59 bits per heavy atom. The summed E-state index contributed by atoms with van der Waals surface area (Å²) in [6, 6.07) is -0.395. The van der Waals surface area contributed by atoms with Crippen LogP contribution in [-0.2, 0) is 4.79 Å². The molecule has 1 saturated heterocycles. The molecule has 0 saturated carbocycles. The number of hydrazine groups is 1. The standard InChI is InChI=1S/C11H20ClN3O2/c1-3-5-7-9(6-4-2)14-8-10(16)13-11(17)15(14)12/h9H,3-8H2,1-2H3,(H,13,16,17). The highest BCUT2D eigenvalue weighted by Crippen LogP contribution is 2.20. The van der Waals surface area contributed by atoms with Gasteiger partial charge in [0.15, 0.2) is 0 Å². The summed E-state index contributed by atoms with van der Waals surface area (Å²) < 4.78 is 1.01. The van der Waals surface area contributed by atoms with Gasteiger partial charge >= 0.3 is 6.03 Å². The van der Waals surface area contributed by atoms with Crippen LogP contribution in [-0.4, -0.2) is 34.1 Å². The third-order valence-corrected chi connectivity index (χ3v) is 3.23. The maximum absolute atomic E-state index is 11.4. The summed E-state index contributed by atoms with van der Waals surface area (Å²) in [5, 5.41) is 3.86. The Morgan fingerprint density at radius 2 is 2.00 bits per heavy atom. The van der Waals surface area contributed by atoms with E-state index in [0.29, 0.717) is 0 Å². The van der Waals surface area contributed by atoms with Gasteiger partial charge in [-0.1, -0.05) is 33.1 Å². The van der Waals surface area contributed by atoms with E-state index in [0.717, 1.165) is 36.6 Å². The fourth-order valence-corrected chi connectivity index (χ4v) is 2.24. The molecule has 1 aliphatic heterocycles. The Kier molecular flexibility index (Phi) is 5.71. The quantitative estimate of drug-likeness (QED) is 0.747. The van der Waals surface area contributed by atoms with Crippen LogP contribution in [0.15, 0.2) is 0 Å². The number of hydrogen-bond donors (Lipinski definition) is 1. The number of rotatable bonds is 6. The number of carbonyl (C=O) groups is 2. The largest absolute Gasteiger partial charge is 0.353 e. The molecular formula is C11H20ClN3O2. The van der Waals surface area contributed by atoms with Crippen LogP contribution >= 0.6 is 11.8 Å². The molecule has 1 heterocycles. The van der Waals surface area contributed by atoms with Gasteiger partial charge in [-0.15, -0.1) is 0 Å². The average Bonchev–Trinajstić information content (AvgIpc) is 2.29. The van der Waals surface area contributed by atoms with Crippen LogP contribution in [0.1, 0.15) is 46.0 Å². The van der Waals surface area contributed by atoms with Gasteiger partial charge in [0.1, 0.15) is 0 Å². The van der Waals surface area contributed by atoms with Gasteiger partial charge < -0.3 is 0 Å². The minimum absolute atomic E-state index is 0.156. The number of unbranched alkanes of at least 4 members (excludes halogenated alkanes) is 1. The maximum Gasteiger partial charge on any atom is 0.353 e. The first-order chi connectivity index (χ1) is 8.10. The minimum atomic E-state index is -0.555. The number of hydrogen-bond acceptors (Lipinski definition) is 3. The van der Waals surface area contributed by atoms with E-state index in [2.05, 4.69) is 19.2 Å². The van der Waals surface area contributed by atoms with Gasteiger partial charge in [0, 0.05) is 17.8 Å². The first-order valence-electron chi connectivity index (χ1n) is 6.16. The second-order valence-electron chi connectivity index (χ2n) is 4.30. The van der Waals surface area contributed by atoms with Crippen molar-refractivity contribution >= 4 is 23.7 Å². The fraction of sp³-hybridized carbons (Fsp3) is 0.818. The van der Waals surface area contributed by atoms with Crippen LogP contribution in [0.4, 0.5) is 4.79 Å². The Morgan fingerprint density at radius 1 is 1.29 bits per heavy atom. The Labute approximate surface area is 107 Å². The minimum Gasteiger partial charge on any atom is -0.275 e.